The van der Waals surface area contributed by atoms with Crippen molar-refractivity contribution in [2.75, 3.05) is 0 Å². The molecule has 0 nitrogen and oxygen atoms in total. The van der Waals surface area contributed by atoms with E-state index in [9.17, 15) is 0 Å². The second kappa shape index (κ2) is 10.7. The van der Waals surface area contributed by atoms with E-state index in [1.807, 2.05) is 0 Å². The SMILES string of the molecule is CCCCCC/C=C/C#C[Si](CC)(CC)CC. The zero-order valence-corrected chi connectivity index (χ0v) is 13.3. The van der Waals surface area contributed by atoms with Crippen molar-refractivity contribution in [3.8, 4) is 11.5 Å². The summed E-state index contributed by atoms with van der Waals surface area (Å²) in [6.45, 7) is 9.18. The van der Waals surface area contributed by atoms with Gasteiger partial charge in [-0.1, -0.05) is 59.0 Å². The minimum absolute atomic E-state index is 1.20. The minimum atomic E-state index is -1.21. The number of hydrogen-bond donors (Lipinski definition) is 0. The number of unbranched alkanes of at least 4 members (excludes halogenated alkanes) is 4. The second-order valence-electron chi connectivity index (χ2n) is 4.86. The average Bonchev–Trinajstić information content (AvgIpc) is 2.38. The fourth-order valence-electron chi connectivity index (χ4n) is 2.04. The summed E-state index contributed by atoms with van der Waals surface area (Å²) < 4.78 is 0. The maximum Gasteiger partial charge on any atom is 0.138 e. The Balaban J connectivity index is 3.96. The van der Waals surface area contributed by atoms with Crippen LogP contribution in [-0.4, -0.2) is 8.07 Å². The summed E-state index contributed by atoms with van der Waals surface area (Å²) in [5.74, 6) is 3.30. The fraction of sp³-hybridized carbons (Fsp3) is 0.750. The quantitative estimate of drug-likeness (QED) is 0.300. The van der Waals surface area contributed by atoms with E-state index in [0.29, 0.717) is 0 Å². The van der Waals surface area contributed by atoms with Crippen LogP contribution in [0.2, 0.25) is 18.1 Å². The Bertz CT molecular complexity index is 242. The molecule has 0 N–H and O–H groups in total. The third-order valence-corrected chi connectivity index (χ3v) is 8.53. The Morgan fingerprint density at radius 3 is 2.06 bits per heavy atom. The van der Waals surface area contributed by atoms with E-state index < -0.39 is 8.07 Å². The highest BCUT2D eigenvalue weighted by molar-refractivity contribution is 6.87. The smallest absolute Gasteiger partial charge is 0.127 e. The summed E-state index contributed by atoms with van der Waals surface area (Å²) in [6.07, 6.45) is 10.9. The molecule has 0 unspecified atom stereocenters. The molecule has 0 spiro atoms. The van der Waals surface area contributed by atoms with E-state index in [4.69, 9.17) is 0 Å². The molecule has 0 atom stereocenters. The normalized spacial score (nSPS) is 11.5. The Morgan fingerprint density at radius 1 is 0.882 bits per heavy atom. The lowest BCUT2D eigenvalue weighted by molar-refractivity contribution is 0.674. The van der Waals surface area contributed by atoms with Crippen molar-refractivity contribution in [2.24, 2.45) is 0 Å². The monoisotopic (exact) mass is 250 g/mol. The van der Waals surface area contributed by atoms with E-state index in [0.717, 1.165) is 0 Å². The van der Waals surface area contributed by atoms with E-state index in [1.54, 1.807) is 0 Å². The highest BCUT2D eigenvalue weighted by Crippen LogP contribution is 2.18. The summed E-state index contributed by atoms with van der Waals surface area (Å²) in [4.78, 5) is 0. The van der Waals surface area contributed by atoms with Crippen LogP contribution in [0.1, 0.15) is 59.8 Å². The molecule has 0 radical (unpaired) electrons. The Hall–Kier alpha value is -0.483. The zero-order chi connectivity index (χ0) is 13.0. The molecule has 0 aromatic rings. The maximum absolute atomic E-state index is 3.59. The number of hydrogen-bond acceptors (Lipinski definition) is 0. The van der Waals surface area contributed by atoms with Crippen molar-refractivity contribution < 1.29 is 0 Å². The van der Waals surface area contributed by atoms with Gasteiger partial charge in [-0.2, -0.15) is 0 Å². The van der Waals surface area contributed by atoms with Crippen LogP contribution in [0, 0.1) is 11.5 Å². The third kappa shape index (κ3) is 7.44. The van der Waals surface area contributed by atoms with Gasteiger partial charge in [0.2, 0.25) is 0 Å². The van der Waals surface area contributed by atoms with Crippen LogP contribution < -0.4 is 0 Å². The van der Waals surface area contributed by atoms with Gasteiger partial charge in [0.05, 0.1) is 0 Å². The molecule has 0 rings (SSSR count). The minimum Gasteiger partial charge on any atom is -0.127 e. The molecule has 0 saturated carbocycles. The van der Waals surface area contributed by atoms with Gasteiger partial charge in [0, 0.05) is 0 Å². The van der Waals surface area contributed by atoms with Crippen molar-refractivity contribution in [3.05, 3.63) is 12.2 Å². The van der Waals surface area contributed by atoms with Crippen molar-refractivity contribution in [1.82, 2.24) is 0 Å². The molecule has 0 aromatic carbocycles. The maximum atomic E-state index is 3.59. The molecule has 0 saturated heterocycles. The van der Waals surface area contributed by atoms with Crippen molar-refractivity contribution in [1.29, 1.82) is 0 Å². The fourth-order valence-corrected chi connectivity index (χ4v) is 4.46. The Labute approximate surface area is 110 Å². The summed E-state index contributed by atoms with van der Waals surface area (Å²) in [6, 6.07) is 3.91. The number of rotatable bonds is 8. The first kappa shape index (κ1) is 16.5. The van der Waals surface area contributed by atoms with E-state index in [1.165, 1.54) is 50.2 Å². The molecule has 0 heterocycles. The van der Waals surface area contributed by atoms with E-state index in [2.05, 4.69) is 51.3 Å². The van der Waals surface area contributed by atoms with Gasteiger partial charge in [0.1, 0.15) is 8.07 Å². The van der Waals surface area contributed by atoms with Gasteiger partial charge in [-0.05, 0) is 37.0 Å². The van der Waals surface area contributed by atoms with Crippen LogP contribution in [0.15, 0.2) is 12.2 Å². The van der Waals surface area contributed by atoms with Crippen LogP contribution in [0.4, 0.5) is 0 Å². The lowest BCUT2D eigenvalue weighted by Crippen LogP contribution is -2.29. The molecular formula is C16H30Si. The molecule has 0 aromatic heterocycles. The topological polar surface area (TPSA) is 0 Å². The van der Waals surface area contributed by atoms with Gasteiger partial charge >= 0.3 is 0 Å². The van der Waals surface area contributed by atoms with Crippen LogP contribution in [0.25, 0.3) is 0 Å². The molecule has 17 heavy (non-hydrogen) atoms. The van der Waals surface area contributed by atoms with Crippen LogP contribution >= 0.6 is 0 Å². The first-order valence-corrected chi connectivity index (χ1v) is 10.0. The van der Waals surface area contributed by atoms with Gasteiger partial charge in [0.25, 0.3) is 0 Å². The van der Waals surface area contributed by atoms with Gasteiger partial charge in [-0.3, -0.25) is 0 Å². The molecule has 0 fully saturated rings. The lowest BCUT2D eigenvalue weighted by Gasteiger charge is -2.19. The molecule has 0 aliphatic rings. The predicted molar refractivity (Wildman–Crippen MR) is 82.9 cm³/mol. The Kier molecular flexibility index (Phi) is 10.4. The first-order valence-electron chi connectivity index (χ1n) is 7.42. The van der Waals surface area contributed by atoms with Crippen molar-refractivity contribution in [3.63, 3.8) is 0 Å². The molecular weight excluding hydrogens is 220 g/mol. The van der Waals surface area contributed by atoms with E-state index >= 15 is 0 Å². The molecule has 0 bridgehead atoms. The highest BCUT2D eigenvalue weighted by atomic mass is 28.3. The predicted octanol–water partition coefficient (Wildman–Crippen LogP) is 5.56. The van der Waals surface area contributed by atoms with E-state index in [-0.39, 0.29) is 0 Å². The van der Waals surface area contributed by atoms with Crippen molar-refractivity contribution >= 4 is 8.07 Å². The summed E-state index contributed by atoms with van der Waals surface area (Å²) in [5.41, 5.74) is 3.59. The first-order chi connectivity index (χ1) is 8.24. The van der Waals surface area contributed by atoms with Gasteiger partial charge < -0.3 is 0 Å². The molecule has 0 amide bonds. The Morgan fingerprint density at radius 2 is 1.53 bits per heavy atom. The standard InChI is InChI=1S/C16H30Si/c1-5-9-10-11-12-13-14-15-16-17(6-2,7-3)8-4/h13-14H,5-12H2,1-4H3/b14-13+. The second-order valence-corrected chi connectivity index (χ2v) is 9.79. The van der Waals surface area contributed by atoms with Crippen molar-refractivity contribution in [2.45, 2.75) is 77.9 Å². The van der Waals surface area contributed by atoms with Gasteiger partial charge in [-0.15, -0.1) is 5.54 Å². The highest BCUT2D eigenvalue weighted by Gasteiger charge is 2.23. The molecule has 0 aliphatic heterocycles. The number of allylic oxidation sites excluding steroid dienone is 2. The summed E-state index contributed by atoms with van der Waals surface area (Å²) in [5, 5.41) is 0. The molecule has 0 aliphatic carbocycles. The third-order valence-electron chi connectivity index (χ3n) is 3.79. The zero-order valence-electron chi connectivity index (χ0n) is 12.3. The lowest BCUT2D eigenvalue weighted by atomic mass is 10.1. The van der Waals surface area contributed by atoms with Crippen LogP contribution in [-0.2, 0) is 0 Å². The van der Waals surface area contributed by atoms with Crippen LogP contribution in [0.5, 0.6) is 0 Å². The molecule has 98 valence electrons. The van der Waals surface area contributed by atoms with Crippen LogP contribution in [0.3, 0.4) is 0 Å². The molecule has 1 heteroatoms. The summed E-state index contributed by atoms with van der Waals surface area (Å²) in [7, 11) is -1.21. The average molecular weight is 251 g/mol. The summed E-state index contributed by atoms with van der Waals surface area (Å²) >= 11 is 0. The largest absolute Gasteiger partial charge is 0.138 e. The van der Waals surface area contributed by atoms with Gasteiger partial charge in [-0.25, -0.2) is 0 Å². The van der Waals surface area contributed by atoms with Gasteiger partial charge in [0.15, 0.2) is 0 Å².